The first kappa shape index (κ1) is 16.5. The number of likely N-dealkylation sites (N-methyl/N-ethyl adjacent to an activating group) is 1. The summed E-state index contributed by atoms with van der Waals surface area (Å²) in [6, 6.07) is 0. The van der Waals surface area contributed by atoms with Crippen molar-refractivity contribution in [2.24, 2.45) is 0 Å². The summed E-state index contributed by atoms with van der Waals surface area (Å²) in [6.07, 6.45) is 5.55. The Labute approximate surface area is 131 Å². The highest BCUT2D eigenvalue weighted by molar-refractivity contribution is 6.99. The van der Waals surface area contributed by atoms with E-state index in [1.165, 1.54) is 0 Å². The van der Waals surface area contributed by atoms with Crippen molar-refractivity contribution in [2.45, 2.75) is 38.1 Å². The van der Waals surface area contributed by atoms with E-state index in [1.54, 1.807) is 0 Å². The van der Waals surface area contributed by atoms with Crippen molar-refractivity contribution in [3.05, 3.63) is 11.8 Å². The minimum atomic E-state index is -1.31. The van der Waals surface area contributed by atoms with Crippen LogP contribution in [0.5, 0.6) is 5.88 Å². The summed E-state index contributed by atoms with van der Waals surface area (Å²) in [5.41, 5.74) is 0.591. The maximum absolute atomic E-state index is 10.1. The molecule has 0 amide bonds. The summed E-state index contributed by atoms with van der Waals surface area (Å²) < 4.78 is 14.1. The third-order valence-electron chi connectivity index (χ3n) is 3.53. The van der Waals surface area contributed by atoms with Gasteiger partial charge >= 0.3 is 0 Å². The molecule has 1 unspecified atom stereocenters. The van der Waals surface area contributed by atoms with Crippen molar-refractivity contribution in [2.75, 3.05) is 26.7 Å². The van der Waals surface area contributed by atoms with Gasteiger partial charge in [0.15, 0.2) is 0 Å². The molecule has 1 aliphatic rings. The Morgan fingerprint density at radius 2 is 2.33 bits per heavy atom. The van der Waals surface area contributed by atoms with Crippen LogP contribution >= 0.6 is 11.7 Å². The van der Waals surface area contributed by atoms with Gasteiger partial charge in [0.2, 0.25) is 0 Å². The van der Waals surface area contributed by atoms with Gasteiger partial charge in [-0.2, -0.15) is 4.37 Å². The molecule has 0 fully saturated rings. The normalized spacial score (nSPS) is 19.1. The van der Waals surface area contributed by atoms with Gasteiger partial charge in [-0.3, -0.25) is 0 Å². The average molecular weight is 307 g/mol. The van der Waals surface area contributed by atoms with E-state index in [0.717, 1.165) is 55.3 Å². The Bertz CT molecular complexity index is 490. The van der Waals surface area contributed by atoms with E-state index < -0.39 is 5.50 Å². The Hall–Kier alpha value is -0.915. The molecule has 114 valence electrons. The Morgan fingerprint density at radius 1 is 1.52 bits per heavy atom. The van der Waals surface area contributed by atoms with Gasteiger partial charge in [0.05, 0.1) is 17.2 Å². The Morgan fingerprint density at radius 3 is 3.05 bits per heavy atom. The lowest BCUT2D eigenvalue weighted by molar-refractivity contribution is 0.0573. The van der Waals surface area contributed by atoms with Crippen LogP contribution in [-0.4, -0.2) is 58.8 Å². The van der Waals surface area contributed by atoms with Crippen molar-refractivity contribution in [3.63, 3.8) is 0 Å². The first-order chi connectivity index (χ1) is 10.0. The minimum Gasteiger partial charge on any atom is -0.473 e. The number of aromatic nitrogens is 2. The van der Waals surface area contributed by atoms with Gasteiger partial charge in [-0.1, -0.05) is 25.8 Å². The molecule has 2 rings (SSSR count). The summed E-state index contributed by atoms with van der Waals surface area (Å²) in [5, 5.41) is 10.1. The van der Waals surface area contributed by atoms with Gasteiger partial charge in [0.1, 0.15) is 20.1 Å². The molecule has 0 spiro atoms. The second-order valence-electron chi connectivity index (χ2n) is 5.67. The lowest BCUT2D eigenvalue weighted by Gasteiger charge is -2.24. The van der Waals surface area contributed by atoms with Gasteiger partial charge in [-0.05, 0) is 25.5 Å². The van der Waals surface area contributed by atoms with E-state index in [-0.39, 0.29) is 6.61 Å². The standard InChI is InChI=1S/C14H22BN3O2S/c1-3-4-7-14(15,19)10-20-13-12(16-21-17-13)11-6-5-8-18(2)9-11/h6,19H,3-5,7-10H2,1-2H3. The fourth-order valence-electron chi connectivity index (χ4n) is 2.28. The largest absolute Gasteiger partial charge is 0.473 e. The van der Waals surface area contributed by atoms with Gasteiger partial charge in [0.25, 0.3) is 5.88 Å². The second-order valence-corrected chi connectivity index (χ2v) is 6.20. The first-order valence-corrected chi connectivity index (χ1v) is 8.09. The molecule has 7 heteroatoms. The minimum absolute atomic E-state index is 0.0362. The summed E-state index contributed by atoms with van der Waals surface area (Å²) >= 11 is 1.12. The predicted octanol–water partition coefficient (Wildman–Crippen LogP) is 1.68. The predicted molar refractivity (Wildman–Crippen MR) is 85.7 cm³/mol. The molecule has 1 aromatic heterocycles. The van der Waals surface area contributed by atoms with Crippen molar-refractivity contribution < 1.29 is 9.84 Å². The zero-order chi connectivity index (χ0) is 15.3. The zero-order valence-electron chi connectivity index (χ0n) is 12.7. The van der Waals surface area contributed by atoms with Crippen LogP contribution in [0, 0.1) is 0 Å². The highest BCUT2D eigenvalue weighted by Gasteiger charge is 2.23. The number of rotatable bonds is 7. The van der Waals surface area contributed by atoms with Crippen molar-refractivity contribution in [1.29, 1.82) is 0 Å². The molecule has 1 atom stereocenters. The van der Waals surface area contributed by atoms with Crippen LogP contribution < -0.4 is 4.74 Å². The fraction of sp³-hybridized carbons (Fsp3) is 0.714. The number of hydrogen-bond donors (Lipinski definition) is 1. The monoisotopic (exact) mass is 307 g/mol. The van der Waals surface area contributed by atoms with Crippen LogP contribution in [0.25, 0.3) is 5.57 Å². The lowest BCUT2D eigenvalue weighted by atomic mass is 9.78. The number of hydrogen-bond acceptors (Lipinski definition) is 6. The second kappa shape index (κ2) is 7.38. The molecule has 0 aliphatic carbocycles. The third kappa shape index (κ3) is 4.80. The molecule has 0 bridgehead atoms. The van der Waals surface area contributed by atoms with Crippen LogP contribution in [-0.2, 0) is 0 Å². The molecule has 21 heavy (non-hydrogen) atoms. The SMILES string of the molecule is [B]C(O)(CCCC)COc1nsnc1C1=CCCN(C)C1. The Balaban J connectivity index is 1.99. The highest BCUT2D eigenvalue weighted by atomic mass is 32.1. The molecule has 1 aromatic rings. The van der Waals surface area contributed by atoms with Crippen LogP contribution in [0.3, 0.4) is 0 Å². The topological polar surface area (TPSA) is 58.5 Å². The molecule has 1 N–H and O–H groups in total. The van der Waals surface area contributed by atoms with Gasteiger partial charge in [0, 0.05) is 13.1 Å². The van der Waals surface area contributed by atoms with E-state index in [0.29, 0.717) is 12.3 Å². The zero-order valence-corrected chi connectivity index (χ0v) is 13.5. The van der Waals surface area contributed by atoms with Crippen molar-refractivity contribution in [1.82, 2.24) is 13.6 Å². The molecule has 2 radical (unpaired) electrons. The summed E-state index contributed by atoms with van der Waals surface area (Å²) in [7, 11) is 7.91. The first-order valence-electron chi connectivity index (χ1n) is 7.36. The molecule has 5 nitrogen and oxygen atoms in total. The maximum Gasteiger partial charge on any atom is 0.253 e. The van der Waals surface area contributed by atoms with Crippen molar-refractivity contribution >= 4 is 25.1 Å². The van der Waals surface area contributed by atoms with Crippen LogP contribution in [0.1, 0.15) is 38.3 Å². The third-order valence-corrected chi connectivity index (χ3v) is 4.04. The maximum atomic E-state index is 10.1. The van der Waals surface area contributed by atoms with Crippen LogP contribution in [0.4, 0.5) is 0 Å². The van der Waals surface area contributed by atoms with Gasteiger partial charge < -0.3 is 14.7 Å². The van der Waals surface area contributed by atoms with Crippen molar-refractivity contribution in [3.8, 4) is 5.88 Å². The quantitative estimate of drug-likeness (QED) is 0.777. The average Bonchev–Trinajstić information content (AvgIpc) is 2.92. The summed E-state index contributed by atoms with van der Waals surface area (Å²) in [4.78, 5) is 2.24. The van der Waals surface area contributed by atoms with E-state index in [4.69, 9.17) is 12.6 Å². The fourth-order valence-corrected chi connectivity index (χ4v) is 2.82. The van der Waals surface area contributed by atoms with Gasteiger partial charge in [-0.15, -0.1) is 4.37 Å². The molecule has 0 aromatic carbocycles. The molecule has 1 aliphatic heterocycles. The van der Waals surface area contributed by atoms with Gasteiger partial charge in [-0.25, -0.2) is 0 Å². The number of unbranched alkanes of at least 4 members (excludes halogenated alkanes) is 1. The number of ether oxygens (including phenoxy) is 1. The molecule has 0 saturated carbocycles. The number of aliphatic hydroxyl groups is 1. The van der Waals surface area contributed by atoms with Crippen LogP contribution in [0.2, 0.25) is 0 Å². The highest BCUT2D eigenvalue weighted by Crippen LogP contribution is 2.27. The van der Waals surface area contributed by atoms with E-state index >= 15 is 0 Å². The molecule has 0 saturated heterocycles. The van der Waals surface area contributed by atoms with E-state index in [1.807, 2.05) is 0 Å². The molecule has 2 heterocycles. The smallest absolute Gasteiger partial charge is 0.253 e. The summed E-state index contributed by atoms with van der Waals surface area (Å²) in [5.74, 6) is 0.474. The Kier molecular flexibility index (Phi) is 5.78. The van der Waals surface area contributed by atoms with E-state index in [9.17, 15) is 5.11 Å². The number of nitrogens with zero attached hydrogens (tertiary/aromatic N) is 3. The van der Waals surface area contributed by atoms with Crippen LogP contribution in [0.15, 0.2) is 6.08 Å². The molecular formula is C14H22BN3O2S. The lowest BCUT2D eigenvalue weighted by Crippen LogP contribution is -2.36. The molecular weight excluding hydrogens is 285 g/mol. The summed E-state index contributed by atoms with van der Waals surface area (Å²) in [6.45, 7) is 3.99. The van der Waals surface area contributed by atoms with E-state index in [2.05, 4.69) is 33.7 Å².